The van der Waals surface area contributed by atoms with Gasteiger partial charge in [-0.3, -0.25) is 0 Å². The zero-order chi connectivity index (χ0) is 12.8. The number of hydrogen-bond donors (Lipinski definition) is 2. The van der Waals surface area contributed by atoms with Gasteiger partial charge in [0.2, 0.25) is 0 Å². The minimum absolute atomic E-state index is 0.237. The maximum Gasteiger partial charge on any atom is 0.161 e. The molecule has 17 heavy (non-hydrogen) atoms. The van der Waals surface area contributed by atoms with E-state index in [0.717, 1.165) is 5.56 Å². The predicted octanol–water partition coefficient (Wildman–Crippen LogP) is 1.90. The van der Waals surface area contributed by atoms with E-state index in [0.29, 0.717) is 17.9 Å². The van der Waals surface area contributed by atoms with Crippen LogP contribution in [0.3, 0.4) is 0 Å². The highest BCUT2D eigenvalue weighted by molar-refractivity contribution is 5.43. The minimum atomic E-state index is -0.542. The number of methoxy groups -OCH3 is 1. The Balaban J connectivity index is 2.78. The Kier molecular flexibility index (Phi) is 5.25. The number of rotatable bonds is 6. The fraction of sp³-hybridized carbons (Fsp3) is 0.538. The number of benzene rings is 1. The van der Waals surface area contributed by atoms with Gasteiger partial charge in [-0.05, 0) is 31.0 Å². The van der Waals surface area contributed by atoms with Gasteiger partial charge in [0.15, 0.2) is 11.5 Å². The van der Waals surface area contributed by atoms with Crippen molar-refractivity contribution in [2.24, 2.45) is 0 Å². The van der Waals surface area contributed by atoms with Gasteiger partial charge in [0, 0.05) is 0 Å². The van der Waals surface area contributed by atoms with E-state index in [1.54, 1.807) is 32.2 Å². The van der Waals surface area contributed by atoms with Crippen LogP contribution in [0.25, 0.3) is 0 Å². The molecule has 2 atom stereocenters. The number of ether oxygens (including phenoxy) is 2. The van der Waals surface area contributed by atoms with Crippen LogP contribution in [-0.4, -0.2) is 30.0 Å². The van der Waals surface area contributed by atoms with Gasteiger partial charge >= 0.3 is 0 Å². The fourth-order valence-electron chi connectivity index (χ4n) is 1.37. The van der Waals surface area contributed by atoms with Gasteiger partial charge in [-0.15, -0.1) is 0 Å². The van der Waals surface area contributed by atoms with Crippen molar-refractivity contribution in [3.63, 3.8) is 0 Å². The summed E-state index contributed by atoms with van der Waals surface area (Å²) in [4.78, 5) is 0. The molecule has 4 nitrogen and oxygen atoms in total. The largest absolute Gasteiger partial charge is 0.493 e. The second kappa shape index (κ2) is 6.47. The molecule has 1 aromatic carbocycles. The van der Waals surface area contributed by atoms with Gasteiger partial charge in [-0.25, -0.2) is 0 Å². The zero-order valence-corrected chi connectivity index (χ0v) is 10.5. The third-order valence-corrected chi connectivity index (χ3v) is 2.57. The van der Waals surface area contributed by atoms with Crippen molar-refractivity contribution in [1.29, 1.82) is 0 Å². The standard InChI is InChI=1S/C13H20O4/c1-4-11(15)8-17-12-6-5-10(9(2)14)7-13(12)16-3/h5-7,9,11,14-15H,4,8H2,1-3H3/t9-,11?/m1/s1. The Labute approximate surface area is 102 Å². The molecule has 0 aliphatic carbocycles. The van der Waals surface area contributed by atoms with Crippen LogP contribution < -0.4 is 9.47 Å². The minimum Gasteiger partial charge on any atom is -0.493 e. The first-order valence-electron chi connectivity index (χ1n) is 5.75. The summed E-state index contributed by atoms with van der Waals surface area (Å²) in [5, 5.41) is 18.9. The van der Waals surface area contributed by atoms with E-state index in [-0.39, 0.29) is 6.61 Å². The van der Waals surface area contributed by atoms with Crippen molar-refractivity contribution in [3.05, 3.63) is 23.8 Å². The second-order valence-electron chi connectivity index (χ2n) is 3.96. The van der Waals surface area contributed by atoms with E-state index in [1.165, 1.54) is 0 Å². The first-order valence-corrected chi connectivity index (χ1v) is 5.75. The quantitative estimate of drug-likeness (QED) is 0.797. The van der Waals surface area contributed by atoms with Crippen LogP contribution in [0.1, 0.15) is 31.9 Å². The Morgan fingerprint density at radius 1 is 1.24 bits per heavy atom. The Hall–Kier alpha value is -1.26. The molecule has 0 fully saturated rings. The molecule has 1 aromatic rings. The third kappa shape index (κ3) is 3.91. The van der Waals surface area contributed by atoms with Crippen LogP contribution in [0.5, 0.6) is 11.5 Å². The molecular weight excluding hydrogens is 220 g/mol. The van der Waals surface area contributed by atoms with Gasteiger partial charge in [0.25, 0.3) is 0 Å². The average Bonchev–Trinajstić information content (AvgIpc) is 2.35. The van der Waals surface area contributed by atoms with Crippen LogP contribution in [0.15, 0.2) is 18.2 Å². The maximum absolute atomic E-state index is 9.45. The van der Waals surface area contributed by atoms with Crippen molar-refractivity contribution in [1.82, 2.24) is 0 Å². The monoisotopic (exact) mass is 240 g/mol. The summed E-state index contributed by atoms with van der Waals surface area (Å²) in [6.45, 7) is 3.82. The third-order valence-electron chi connectivity index (χ3n) is 2.57. The Bertz CT molecular complexity index is 349. The average molecular weight is 240 g/mol. The molecule has 0 bridgehead atoms. The van der Waals surface area contributed by atoms with E-state index in [4.69, 9.17) is 9.47 Å². The van der Waals surface area contributed by atoms with E-state index >= 15 is 0 Å². The van der Waals surface area contributed by atoms with Crippen LogP contribution in [-0.2, 0) is 0 Å². The molecular formula is C13H20O4. The zero-order valence-electron chi connectivity index (χ0n) is 10.5. The van der Waals surface area contributed by atoms with Gasteiger partial charge in [0.1, 0.15) is 6.61 Å². The molecule has 1 unspecified atom stereocenters. The van der Waals surface area contributed by atoms with Gasteiger partial charge < -0.3 is 19.7 Å². The molecule has 0 aliphatic rings. The summed E-state index contributed by atoms with van der Waals surface area (Å²) in [6, 6.07) is 5.25. The van der Waals surface area contributed by atoms with Crippen LogP contribution in [0, 0.1) is 0 Å². The number of hydrogen-bond acceptors (Lipinski definition) is 4. The van der Waals surface area contributed by atoms with E-state index in [9.17, 15) is 10.2 Å². The summed E-state index contributed by atoms with van der Waals surface area (Å²) in [5.74, 6) is 1.14. The van der Waals surface area contributed by atoms with E-state index in [1.807, 2.05) is 6.92 Å². The smallest absolute Gasteiger partial charge is 0.161 e. The molecule has 1 rings (SSSR count). The van der Waals surface area contributed by atoms with E-state index in [2.05, 4.69) is 0 Å². The molecule has 0 aliphatic heterocycles. The van der Waals surface area contributed by atoms with Crippen molar-refractivity contribution >= 4 is 0 Å². The normalized spacial score (nSPS) is 14.2. The van der Waals surface area contributed by atoms with Crippen molar-refractivity contribution in [2.75, 3.05) is 13.7 Å². The lowest BCUT2D eigenvalue weighted by atomic mass is 10.1. The number of aliphatic hydroxyl groups excluding tert-OH is 2. The first kappa shape index (κ1) is 13.8. The molecule has 4 heteroatoms. The van der Waals surface area contributed by atoms with Gasteiger partial charge in [0.05, 0.1) is 19.3 Å². The van der Waals surface area contributed by atoms with Gasteiger partial charge in [-0.2, -0.15) is 0 Å². The highest BCUT2D eigenvalue weighted by Gasteiger charge is 2.10. The fourth-order valence-corrected chi connectivity index (χ4v) is 1.37. The molecule has 2 N–H and O–H groups in total. The van der Waals surface area contributed by atoms with Gasteiger partial charge in [-0.1, -0.05) is 13.0 Å². The summed E-state index contributed by atoms with van der Waals surface area (Å²) in [5.41, 5.74) is 0.769. The SMILES string of the molecule is CCC(O)COc1ccc([C@@H](C)O)cc1OC. The maximum atomic E-state index is 9.45. The predicted molar refractivity (Wildman–Crippen MR) is 65.4 cm³/mol. The molecule has 0 amide bonds. The highest BCUT2D eigenvalue weighted by Crippen LogP contribution is 2.30. The van der Waals surface area contributed by atoms with E-state index < -0.39 is 12.2 Å². The van der Waals surface area contributed by atoms with Crippen molar-refractivity contribution in [2.45, 2.75) is 32.5 Å². The lowest BCUT2D eigenvalue weighted by molar-refractivity contribution is 0.102. The molecule has 0 spiro atoms. The topological polar surface area (TPSA) is 58.9 Å². The molecule has 0 saturated carbocycles. The lowest BCUT2D eigenvalue weighted by Gasteiger charge is -2.15. The summed E-state index contributed by atoms with van der Waals surface area (Å²) in [6.07, 6.45) is -0.371. The van der Waals surface area contributed by atoms with Crippen molar-refractivity contribution in [3.8, 4) is 11.5 Å². The summed E-state index contributed by atoms with van der Waals surface area (Å²) < 4.78 is 10.6. The highest BCUT2D eigenvalue weighted by atomic mass is 16.5. The molecule has 96 valence electrons. The Morgan fingerprint density at radius 3 is 2.47 bits per heavy atom. The van der Waals surface area contributed by atoms with Crippen LogP contribution in [0.4, 0.5) is 0 Å². The van der Waals surface area contributed by atoms with Crippen LogP contribution in [0.2, 0.25) is 0 Å². The molecule has 0 aromatic heterocycles. The second-order valence-corrected chi connectivity index (χ2v) is 3.96. The lowest BCUT2D eigenvalue weighted by Crippen LogP contribution is -2.16. The molecule has 0 radical (unpaired) electrons. The Morgan fingerprint density at radius 2 is 1.94 bits per heavy atom. The van der Waals surface area contributed by atoms with Crippen LogP contribution >= 0.6 is 0 Å². The van der Waals surface area contributed by atoms with Crippen molar-refractivity contribution < 1.29 is 19.7 Å². The summed E-state index contributed by atoms with van der Waals surface area (Å²) >= 11 is 0. The summed E-state index contributed by atoms with van der Waals surface area (Å²) in [7, 11) is 1.55. The molecule has 0 heterocycles. The molecule has 0 saturated heterocycles. The number of aliphatic hydroxyl groups is 2. The first-order chi connectivity index (χ1) is 8.08.